The number of hydrogen-bond acceptors (Lipinski definition) is 7. The van der Waals surface area contributed by atoms with Gasteiger partial charge in [-0.3, -0.25) is 4.79 Å². The molecule has 2 heterocycles. The number of nitrogens with one attached hydrogen (secondary N) is 2. The number of aliphatic hydroxyl groups excluding tert-OH is 1. The number of carbonyl (C=O) groups is 1. The quantitative estimate of drug-likeness (QED) is 0.365. The molecule has 34 heavy (non-hydrogen) atoms. The summed E-state index contributed by atoms with van der Waals surface area (Å²) in [6.45, 7) is 11.0. The van der Waals surface area contributed by atoms with Gasteiger partial charge in [0, 0.05) is 12.3 Å². The second kappa shape index (κ2) is 9.69. The minimum absolute atomic E-state index is 0.00474. The van der Waals surface area contributed by atoms with Crippen molar-refractivity contribution in [3.8, 4) is 0 Å². The zero-order chi connectivity index (χ0) is 25.4. The van der Waals surface area contributed by atoms with E-state index in [4.69, 9.17) is 16.1 Å². The van der Waals surface area contributed by atoms with Crippen LogP contribution in [0.2, 0.25) is 5.02 Å². The average Bonchev–Trinajstić information content (AvgIpc) is 3.27. The summed E-state index contributed by atoms with van der Waals surface area (Å²) in [6.07, 6.45) is 0.498. The van der Waals surface area contributed by atoms with Gasteiger partial charge in [-0.1, -0.05) is 48.3 Å². The zero-order valence-electron chi connectivity index (χ0n) is 19.9. The second-order valence-corrected chi connectivity index (χ2v) is 11.8. The summed E-state index contributed by atoms with van der Waals surface area (Å²) in [7, 11) is -4.19. The van der Waals surface area contributed by atoms with Crippen LogP contribution in [0.3, 0.4) is 0 Å². The molecule has 0 unspecified atom stereocenters. The monoisotopic (exact) mass is 525 g/mol. The Morgan fingerprint density at radius 2 is 1.88 bits per heavy atom. The first-order valence-corrected chi connectivity index (χ1v) is 13.3. The van der Waals surface area contributed by atoms with E-state index in [2.05, 4.69) is 15.2 Å². The highest BCUT2D eigenvalue weighted by molar-refractivity contribution is 7.93. The fraction of sp³-hybridized carbons (Fsp3) is 0.391. The van der Waals surface area contributed by atoms with Crippen LogP contribution < -0.4 is 10.0 Å². The number of anilines is 2. The zero-order valence-corrected chi connectivity index (χ0v) is 22.3. The third-order valence-electron chi connectivity index (χ3n) is 5.60. The summed E-state index contributed by atoms with van der Waals surface area (Å²) in [5.41, 5.74) is 3.67. The molecule has 0 radical (unpaired) electrons. The van der Waals surface area contributed by atoms with E-state index in [1.54, 1.807) is 19.2 Å². The first-order chi connectivity index (χ1) is 15.8. The molecule has 0 aliphatic heterocycles. The molecule has 11 heteroatoms. The van der Waals surface area contributed by atoms with Crippen LogP contribution in [-0.4, -0.2) is 31.2 Å². The highest BCUT2D eigenvalue weighted by atomic mass is 35.5. The third-order valence-corrected chi connectivity index (χ3v) is 8.78. The fourth-order valence-corrected chi connectivity index (χ4v) is 6.63. The van der Waals surface area contributed by atoms with Gasteiger partial charge in [-0.2, -0.15) is 0 Å². The molecule has 0 saturated heterocycles. The molecule has 0 saturated carbocycles. The van der Waals surface area contributed by atoms with Gasteiger partial charge in [0.25, 0.3) is 21.8 Å². The number of aryl methyl sites for hydroxylation is 4. The van der Waals surface area contributed by atoms with Gasteiger partial charge in [-0.25, -0.2) is 13.1 Å². The maximum absolute atomic E-state index is 13.4. The van der Waals surface area contributed by atoms with E-state index < -0.39 is 21.3 Å². The summed E-state index contributed by atoms with van der Waals surface area (Å²) in [4.78, 5) is 13.3. The van der Waals surface area contributed by atoms with Crippen LogP contribution in [0, 0.1) is 27.7 Å². The summed E-state index contributed by atoms with van der Waals surface area (Å²) in [5, 5.41) is 17.8. The number of halogens is 1. The van der Waals surface area contributed by atoms with Gasteiger partial charge in [0.05, 0.1) is 0 Å². The van der Waals surface area contributed by atoms with Gasteiger partial charge in [-0.05, 0) is 61.6 Å². The number of benzene rings is 1. The molecule has 0 bridgehead atoms. The topological polar surface area (TPSA) is 122 Å². The highest BCUT2D eigenvalue weighted by Crippen LogP contribution is 2.37. The Morgan fingerprint density at radius 3 is 2.47 bits per heavy atom. The van der Waals surface area contributed by atoms with E-state index in [1.165, 1.54) is 0 Å². The minimum Gasteiger partial charge on any atom is -0.396 e. The molecule has 3 N–H and O–H groups in total. The van der Waals surface area contributed by atoms with Crippen molar-refractivity contribution in [1.29, 1.82) is 0 Å². The highest BCUT2D eigenvalue weighted by Gasteiger charge is 2.31. The third kappa shape index (κ3) is 5.14. The molecule has 0 fully saturated rings. The van der Waals surface area contributed by atoms with Crippen molar-refractivity contribution >= 4 is 50.4 Å². The van der Waals surface area contributed by atoms with Crippen molar-refractivity contribution in [1.82, 2.24) is 5.16 Å². The van der Waals surface area contributed by atoms with Gasteiger partial charge >= 0.3 is 0 Å². The summed E-state index contributed by atoms with van der Waals surface area (Å²) < 4.78 is 33.6. The number of sulfonamides is 1. The number of rotatable bonds is 8. The number of amides is 1. The summed E-state index contributed by atoms with van der Waals surface area (Å²) in [6, 6.07) is 3.92. The van der Waals surface area contributed by atoms with Gasteiger partial charge in [-0.15, -0.1) is 11.3 Å². The number of hydrogen-bond donors (Lipinski definition) is 3. The smallest absolute Gasteiger partial charge is 0.267 e. The molecule has 8 nitrogen and oxygen atoms in total. The number of aromatic nitrogens is 1. The lowest BCUT2D eigenvalue weighted by Gasteiger charge is -2.29. The first kappa shape index (κ1) is 26.2. The molecule has 3 aromatic rings. The Hall–Kier alpha value is -2.40. The molecule has 0 atom stereocenters. The number of nitrogens with zero attached hydrogens (tertiary/aromatic N) is 1. The van der Waals surface area contributed by atoms with Gasteiger partial charge in [0.2, 0.25) is 0 Å². The second-order valence-electron chi connectivity index (χ2n) is 8.91. The van der Waals surface area contributed by atoms with Crippen molar-refractivity contribution in [3.05, 3.63) is 55.4 Å². The number of aliphatic hydroxyl groups is 1. The Labute approximate surface area is 208 Å². The molecule has 0 spiro atoms. The fourth-order valence-electron chi connectivity index (χ4n) is 3.77. The van der Waals surface area contributed by atoms with Crippen LogP contribution in [0.25, 0.3) is 0 Å². The standard InChI is InChI=1S/C23H28ClN3O5S2/c1-12-9-13(2)18(16(10-12)23(5,6)7-8-28)25-21(29)19-20(14(3)11-33-19)34(30,31)27-22-17(24)15(4)26-32-22/h9-11,27-28H,7-8H2,1-6H3,(H,25,29). The maximum atomic E-state index is 13.4. The van der Waals surface area contributed by atoms with E-state index >= 15 is 0 Å². The van der Waals surface area contributed by atoms with Crippen LogP contribution >= 0.6 is 22.9 Å². The van der Waals surface area contributed by atoms with Crippen LogP contribution in [0.4, 0.5) is 11.6 Å². The molecular formula is C23H28ClN3O5S2. The normalized spacial score (nSPS) is 12.1. The lowest BCUT2D eigenvalue weighted by atomic mass is 9.79. The van der Waals surface area contributed by atoms with Crippen molar-refractivity contribution in [3.63, 3.8) is 0 Å². The Morgan fingerprint density at radius 1 is 1.21 bits per heavy atom. The molecule has 1 amide bonds. The molecule has 1 aromatic carbocycles. The first-order valence-electron chi connectivity index (χ1n) is 10.5. The van der Waals surface area contributed by atoms with Crippen LogP contribution in [0.15, 0.2) is 26.9 Å². The van der Waals surface area contributed by atoms with Crippen LogP contribution in [0.1, 0.15) is 57.9 Å². The maximum Gasteiger partial charge on any atom is 0.267 e. The lowest BCUT2D eigenvalue weighted by molar-refractivity contribution is 0.102. The van der Waals surface area contributed by atoms with Crippen molar-refractivity contribution in [2.45, 2.75) is 58.3 Å². The average molecular weight is 526 g/mol. The summed E-state index contributed by atoms with van der Waals surface area (Å²) in [5.74, 6) is -0.759. The Bertz CT molecular complexity index is 1340. The Balaban J connectivity index is 2.02. The molecule has 0 aliphatic rings. The predicted octanol–water partition coefficient (Wildman–Crippen LogP) is 5.34. The van der Waals surface area contributed by atoms with Gasteiger partial charge in [0.1, 0.15) is 20.5 Å². The molecule has 184 valence electrons. The van der Waals surface area contributed by atoms with Crippen molar-refractivity contribution < 1.29 is 22.8 Å². The van der Waals surface area contributed by atoms with E-state index in [9.17, 15) is 18.3 Å². The summed E-state index contributed by atoms with van der Waals surface area (Å²) >= 11 is 7.10. The largest absolute Gasteiger partial charge is 0.396 e. The van der Waals surface area contributed by atoms with Crippen LogP contribution in [-0.2, 0) is 15.4 Å². The van der Waals surface area contributed by atoms with E-state index in [0.29, 0.717) is 23.4 Å². The van der Waals surface area contributed by atoms with Gasteiger partial charge in [0.15, 0.2) is 0 Å². The SMILES string of the molecule is Cc1cc(C)c(NC(=O)c2scc(C)c2S(=O)(=O)Nc2onc(C)c2Cl)c(C(C)(C)CCO)c1. The van der Waals surface area contributed by atoms with Crippen LogP contribution in [0.5, 0.6) is 0 Å². The molecule has 3 rings (SSSR count). The van der Waals surface area contributed by atoms with Gasteiger partial charge < -0.3 is 14.9 Å². The van der Waals surface area contributed by atoms with Crippen molar-refractivity contribution in [2.24, 2.45) is 0 Å². The minimum atomic E-state index is -4.19. The van der Waals surface area contributed by atoms with E-state index in [-0.39, 0.29) is 27.3 Å². The molecule has 2 aromatic heterocycles. The number of carbonyl (C=O) groups excluding carboxylic acids is 1. The lowest BCUT2D eigenvalue weighted by Crippen LogP contribution is -2.24. The predicted molar refractivity (Wildman–Crippen MR) is 135 cm³/mol. The van der Waals surface area contributed by atoms with E-state index in [1.807, 2.05) is 39.8 Å². The number of thiophene rings is 1. The molecule has 0 aliphatic carbocycles. The van der Waals surface area contributed by atoms with Crippen molar-refractivity contribution in [2.75, 3.05) is 16.6 Å². The van der Waals surface area contributed by atoms with E-state index in [0.717, 1.165) is 28.0 Å². The Kier molecular flexibility index (Phi) is 7.47. The molecular weight excluding hydrogens is 498 g/mol.